The Morgan fingerprint density at radius 3 is 1.67 bits per heavy atom. The van der Waals surface area contributed by atoms with Crippen LogP contribution in [0.25, 0.3) is 83.3 Å². The van der Waals surface area contributed by atoms with Crippen LogP contribution in [0.4, 0.5) is 11.4 Å². The van der Waals surface area contributed by atoms with E-state index in [4.69, 9.17) is 9.97 Å². The summed E-state index contributed by atoms with van der Waals surface area (Å²) in [4.78, 5) is 13.0. The highest BCUT2D eigenvalue weighted by atomic mass is 15.2. The number of aromatic nitrogens is 4. The highest BCUT2D eigenvalue weighted by molar-refractivity contribution is 6.11. The van der Waals surface area contributed by atoms with E-state index in [2.05, 4.69) is 226 Å². The van der Waals surface area contributed by atoms with Crippen LogP contribution in [-0.2, 0) is 0 Å². The first kappa shape index (κ1) is 35.5. The summed E-state index contributed by atoms with van der Waals surface area (Å²) in [5.74, 6) is 0.837. The van der Waals surface area contributed by atoms with Gasteiger partial charge in [-0.2, -0.15) is 0 Å². The molecule has 1 aliphatic heterocycles. The van der Waals surface area contributed by atoms with Crippen LogP contribution in [0.2, 0.25) is 0 Å². The Morgan fingerprint density at radius 1 is 0.397 bits per heavy atom. The number of fused-ring (bicyclic) bond motifs is 9. The molecule has 0 bridgehead atoms. The molecule has 296 valence electrons. The number of hydrogen-bond donors (Lipinski definition) is 0. The van der Waals surface area contributed by atoms with E-state index in [1.165, 1.54) is 66.3 Å². The third-order valence-corrected chi connectivity index (χ3v) is 13.1. The lowest BCUT2D eigenvalue weighted by Crippen LogP contribution is -2.28. The molecule has 1 aliphatic carbocycles. The first-order chi connectivity index (χ1) is 31.2. The van der Waals surface area contributed by atoms with E-state index in [0.717, 1.165) is 33.5 Å². The first-order valence-electron chi connectivity index (χ1n) is 21.7. The SMILES string of the molecule is C1=CC2C(C=C1c1ccc3c(c1)c1ccccc1n3-c1nc(-c3ccccc3)cc(-c3ccccc3)n1)c1ccccc1N2c1ccc2c(c1)c1ccccc1n2-c1ccccc1. The van der Waals surface area contributed by atoms with Crippen molar-refractivity contribution in [2.24, 2.45) is 0 Å². The van der Waals surface area contributed by atoms with Gasteiger partial charge in [-0.15, -0.1) is 0 Å². The quantitative estimate of drug-likeness (QED) is 0.168. The van der Waals surface area contributed by atoms with Crippen molar-refractivity contribution in [3.63, 3.8) is 0 Å². The van der Waals surface area contributed by atoms with E-state index in [0.29, 0.717) is 5.95 Å². The second-order valence-electron chi connectivity index (χ2n) is 16.6. The van der Waals surface area contributed by atoms with Crippen molar-refractivity contribution in [1.29, 1.82) is 0 Å². The van der Waals surface area contributed by atoms with Crippen molar-refractivity contribution < 1.29 is 0 Å². The second-order valence-corrected chi connectivity index (χ2v) is 16.6. The van der Waals surface area contributed by atoms with Crippen molar-refractivity contribution in [2.75, 3.05) is 4.90 Å². The fourth-order valence-corrected chi connectivity index (χ4v) is 10.2. The monoisotopic (exact) mass is 805 g/mol. The molecule has 4 heterocycles. The molecule has 11 aromatic rings. The number of rotatable bonds is 6. The Labute approximate surface area is 364 Å². The second kappa shape index (κ2) is 14.2. The van der Waals surface area contributed by atoms with Crippen molar-refractivity contribution >= 4 is 60.6 Å². The third-order valence-electron chi connectivity index (χ3n) is 13.1. The number of allylic oxidation sites excluding steroid dienone is 2. The van der Waals surface area contributed by atoms with Gasteiger partial charge in [-0.1, -0.05) is 158 Å². The van der Waals surface area contributed by atoms with Crippen LogP contribution in [0.5, 0.6) is 0 Å². The minimum absolute atomic E-state index is 0.143. The highest BCUT2D eigenvalue weighted by Gasteiger charge is 2.38. The summed E-state index contributed by atoms with van der Waals surface area (Å²) in [5, 5.41) is 4.85. The summed E-state index contributed by atoms with van der Waals surface area (Å²) in [6, 6.07) is 73.9. The number of benzene rings is 8. The highest BCUT2D eigenvalue weighted by Crippen LogP contribution is 2.50. The van der Waals surface area contributed by atoms with E-state index < -0.39 is 0 Å². The number of para-hydroxylation sites is 4. The van der Waals surface area contributed by atoms with Crippen molar-refractivity contribution in [1.82, 2.24) is 19.1 Å². The van der Waals surface area contributed by atoms with Gasteiger partial charge in [-0.25, -0.2) is 9.97 Å². The molecule has 2 aliphatic rings. The van der Waals surface area contributed by atoms with Gasteiger partial charge in [0.15, 0.2) is 0 Å². The van der Waals surface area contributed by atoms with Crippen LogP contribution in [0.3, 0.4) is 0 Å². The molecule has 2 unspecified atom stereocenters. The van der Waals surface area contributed by atoms with Crippen LogP contribution in [0.15, 0.2) is 224 Å². The Bertz CT molecular complexity index is 3580. The Hall–Kier alpha value is -8.28. The topological polar surface area (TPSA) is 38.9 Å². The van der Waals surface area contributed by atoms with Gasteiger partial charge < -0.3 is 9.47 Å². The zero-order chi connectivity index (χ0) is 41.4. The molecule has 0 N–H and O–H groups in total. The van der Waals surface area contributed by atoms with E-state index in [9.17, 15) is 0 Å². The van der Waals surface area contributed by atoms with Gasteiger partial charge in [-0.05, 0) is 83.4 Å². The molecule has 0 spiro atoms. The molecular formula is C58H39N5. The molecule has 0 radical (unpaired) electrons. The summed E-state index contributed by atoms with van der Waals surface area (Å²) in [6.07, 6.45) is 7.24. The molecule has 2 atom stereocenters. The molecule has 0 saturated carbocycles. The number of hydrogen-bond acceptors (Lipinski definition) is 3. The molecule has 3 aromatic heterocycles. The van der Waals surface area contributed by atoms with Gasteiger partial charge in [0.1, 0.15) is 0 Å². The Morgan fingerprint density at radius 2 is 0.952 bits per heavy atom. The lowest BCUT2D eigenvalue weighted by Gasteiger charge is -2.30. The molecule has 0 fully saturated rings. The molecule has 13 rings (SSSR count). The van der Waals surface area contributed by atoms with Gasteiger partial charge >= 0.3 is 0 Å². The van der Waals surface area contributed by atoms with Crippen LogP contribution >= 0.6 is 0 Å². The summed E-state index contributed by atoms with van der Waals surface area (Å²) in [5.41, 5.74) is 15.8. The maximum absolute atomic E-state index is 5.24. The van der Waals surface area contributed by atoms with Gasteiger partial charge in [0.05, 0.1) is 39.5 Å². The number of nitrogens with zero attached hydrogens (tertiary/aromatic N) is 5. The third kappa shape index (κ3) is 5.63. The summed E-state index contributed by atoms with van der Waals surface area (Å²) >= 11 is 0. The van der Waals surface area contributed by atoms with E-state index in [1.54, 1.807) is 0 Å². The van der Waals surface area contributed by atoms with Crippen molar-refractivity contribution in [3.05, 3.63) is 236 Å². The normalized spacial score (nSPS) is 15.6. The minimum atomic E-state index is 0.143. The van der Waals surface area contributed by atoms with Gasteiger partial charge in [0.25, 0.3) is 0 Å². The van der Waals surface area contributed by atoms with E-state index in [1.807, 2.05) is 12.1 Å². The van der Waals surface area contributed by atoms with E-state index in [-0.39, 0.29) is 12.0 Å². The maximum atomic E-state index is 5.24. The van der Waals surface area contributed by atoms with Gasteiger partial charge in [-0.3, -0.25) is 4.57 Å². The summed E-state index contributed by atoms with van der Waals surface area (Å²) in [6.45, 7) is 0. The van der Waals surface area contributed by atoms with Crippen LogP contribution in [0, 0.1) is 0 Å². The lowest BCUT2D eigenvalue weighted by atomic mass is 9.86. The minimum Gasteiger partial charge on any atom is -0.333 e. The van der Waals surface area contributed by atoms with Crippen molar-refractivity contribution in [2.45, 2.75) is 12.0 Å². The van der Waals surface area contributed by atoms with Crippen molar-refractivity contribution in [3.8, 4) is 34.2 Å². The molecule has 0 amide bonds. The fraction of sp³-hybridized carbons (Fsp3) is 0.0345. The van der Waals surface area contributed by atoms with Gasteiger partial charge in [0, 0.05) is 55.7 Å². The van der Waals surface area contributed by atoms with Crippen LogP contribution in [0.1, 0.15) is 17.0 Å². The molecule has 63 heavy (non-hydrogen) atoms. The largest absolute Gasteiger partial charge is 0.333 e. The smallest absolute Gasteiger partial charge is 0.235 e. The molecular weight excluding hydrogens is 767 g/mol. The first-order valence-corrected chi connectivity index (χ1v) is 21.7. The standard InChI is InChI=1S/C58H39N5/c1-4-16-38(17-5-1)50-37-51(39-18-6-2-7-19-39)60-58(59-50)63-54-27-15-12-23-45(54)48-35-41(29-32-57(48)63)40-28-31-55-47(34-40)44-22-10-14-26-53(44)62(55)43-30-33-56-49(36-43)46-24-11-13-25-52(46)61(56)42-20-8-3-9-21-42/h1-37,47,55H. The predicted octanol–water partition coefficient (Wildman–Crippen LogP) is 14.3. The summed E-state index contributed by atoms with van der Waals surface area (Å²) < 4.78 is 4.61. The number of anilines is 2. The van der Waals surface area contributed by atoms with Crippen LogP contribution < -0.4 is 4.90 Å². The summed E-state index contributed by atoms with van der Waals surface area (Å²) in [7, 11) is 0. The zero-order valence-electron chi connectivity index (χ0n) is 34.3. The fourth-order valence-electron chi connectivity index (χ4n) is 10.2. The predicted molar refractivity (Wildman–Crippen MR) is 260 cm³/mol. The maximum Gasteiger partial charge on any atom is 0.235 e. The Kier molecular flexibility index (Phi) is 7.97. The average Bonchev–Trinajstić information content (AvgIpc) is 3.99. The Balaban J connectivity index is 0.911. The molecule has 5 nitrogen and oxygen atoms in total. The van der Waals surface area contributed by atoms with Gasteiger partial charge in [0.2, 0.25) is 5.95 Å². The molecule has 8 aromatic carbocycles. The zero-order valence-corrected chi connectivity index (χ0v) is 34.3. The van der Waals surface area contributed by atoms with E-state index >= 15 is 0 Å². The van der Waals surface area contributed by atoms with Crippen LogP contribution in [-0.4, -0.2) is 25.1 Å². The lowest BCUT2D eigenvalue weighted by molar-refractivity contribution is 0.747. The molecule has 0 saturated heterocycles. The average molecular weight is 806 g/mol. The molecule has 5 heteroatoms.